The summed E-state index contributed by atoms with van der Waals surface area (Å²) >= 11 is 1.18. The number of thioether (sulfide) groups is 1. The minimum Gasteiger partial charge on any atom is -0.282 e. The summed E-state index contributed by atoms with van der Waals surface area (Å²) in [5.74, 6) is 0.617. The monoisotopic (exact) mass is 251 g/mol. The molecule has 0 rings (SSSR count). The second-order valence-corrected chi connectivity index (χ2v) is 6.51. The molecule has 0 heterocycles. The number of carbonyl (C=O) groups is 1. The fourth-order valence-corrected chi connectivity index (χ4v) is 1.91. The zero-order chi connectivity index (χ0) is 12.1. The standard InChI is InChI=1S/C9H17NO3S2/c1-8(2)9(11)14-7-5-6-10(3)15(4,12)13/h1,5-7H2,2-4H3. The van der Waals surface area contributed by atoms with Crippen molar-refractivity contribution in [1.29, 1.82) is 0 Å². The molecule has 0 radical (unpaired) electrons. The molecule has 0 saturated heterocycles. The maximum atomic E-state index is 11.1. The number of nitrogens with zero attached hydrogens (tertiary/aromatic N) is 1. The van der Waals surface area contributed by atoms with Crippen LogP contribution in [-0.2, 0) is 14.8 Å². The van der Waals surface area contributed by atoms with Gasteiger partial charge in [0.1, 0.15) is 0 Å². The highest BCUT2D eigenvalue weighted by Gasteiger charge is 2.10. The number of hydrogen-bond acceptors (Lipinski definition) is 4. The molecule has 0 saturated carbocycles. The first-order valence-corrected chi connectivity index (χ1v) is 7.32. The Balaban J connectivity index is 3.74. The first-order chi connectivity index (χ1) is 6.75. The zero-order valence-electron chi connectivity index (χ0n) is 9.32. The molecular weight excluding hydrogens is 234 g/mol. The van der Waals surface area contributed by atoms with Crippen molar-refractivity contribution in [3.05, 3.63) is 12.2 Å². The second kappa shape index (κ2) is 6.30. The Bertz CT molecular complexity index is 335. The van der Waals surface area contributed by atoms with Crippen LogP contribution in [0.2, 0.25) is 0 Å². The molecule has 0 aromatic carbocycles. The Hall–Kier alpha value is -0.330. The lowest BCUT2D eigenvalue weighted by Crippen LogP contribution is -2.26. The molecule has 4 nitrogen and oxygen atoms in total. The van der Waals surface area contributed by atoms with Crippen molar-refractivity contribution in [1.82, 2.24) is 4.31 Å². The van der Waals surface area contributed by atoms with Gasteiger partial charge < -0.3 is 0 Å². The highest BCUT2D eigenvalue weighted by atomic mass is 32.2. The molecule has 0 aromatic rings. The Morgan fingerprint density at radius 2 is 2.00 bits per heavy atom. The summed E-state index contributed by atoms with van der Waals surface area (Å²) in [6.45, 7) is 5.64. The second-order valence-electron chi connectivity index (χ2n) is 3.35. The van der Waals surface area contributed by atoms with E-state index >= 15 is 0 Å². The summed E-state index contributed by atoms with van der Waals surface area (Å²) in [6.07, 6.45) is 1.83. The average Bonchev–Trinajstić information content (AvgIpc) is 2.09. The number of rotatable bonds is 6. The summed E-state index contributed by atoms with van der Waals surface area (Å²) in [7, 11) is -1.57. The van der Waals surface area contributed by atoms with Gasteiger partial charge in [0, 0.05) is 19.3 Å². The Morgan fingerprint density at radius 1 is 1.47 bits per heavy atom. The van der Waals surface area contributed by atoms with E-state index in [4.69, 9.17) is 0 Å². The fraction of sp³-hybridized carbons (Fsp3) is 0.667. The molecule has 0 bridgehead atoms. The van der Waals surface area contributed by atoms with Crippen molar-refractivity contribution >= 4 is 26.9 Å². The van der Waals surface area contributed by atoms with E-state index < -0.39 is 10.0 Å². The van der Waals surface area contributed by atoms with E-state index in [1.165, 1.54) is 29.4 Å². The zero-order valence-corrected chi connectivity index (χ0v) is 10.9. The fourth-order valence-electron chi connectivity index (χ4n) is 0.741. The van der Waals surface area contributed by atoms with E-state index in [9.17, 15) is 13.2 Å². The van der Waals surface area contributed by atoms with Gasteiger partial charge in [-0.1, -0.05) is 18.3 Å². The molecule has 0 spiro atoms. The molecule has 0 aliphatic rings. The third kappa shape index (κ3) is 6.70. The Kier molecular flexibility index (Phi) is 6.16. The largest absolute Gasteiger partial charge is 0.282 e. The minimum atomic E-state index is -3.10. The van der Waals surface area contributed by atoms with Gasteiger partial charge in [-0.05, 0) is 18.9 Å². The van der Waals surface area contributed by atoms with Gasteiger partial charge in [0.25, 0.3) is 0 Å². The SMILES string of the molecule is C=C(C)C(=O)SCCCN(C)S(C)(=O)=O. The molecule has 15 heavy (non-hydrogen) atoms. The summed E-state index contributed by atoms with van der Waals surface area (Å²) in [6, 6.07) is 0. The number of carbonyl (C=O) groups excluding carboxylic acids is 1. The van der Waals surface area contributed by atoms with Gasteiger partial charge in [0.2, 0.25) is 15.1 Å². The lowest BCUT2D eigenvalue weighted by molar-refractivity contribution is -0.107. The molecule has 0 atom stereocenters. The van der Waals surface area contributed by atoms with Crippen molar-refractivity contribution < 1.29 is 13.2 Å². The molecule has 0 unspecified atom stereocenters. The molecule has 0 aromatic heterocycles. The highest BCUT2D eigenvalue weighted by molar-refractivity contribution is 8.14. The van der Waals surface area contributed by atoms with Gasteiger partial charge in [0.15, 0.2) is 0 Å². The van der Waals surface area contributed by atoms with Crippen LogP contribution in [0.5, 0.6) is 0 Å². The predicted molar refractivity (Wildman–Crippen MR) is 64.4 cm³/mol. The molecule has 6 heteroatoms. The summed E-state index contributed by atoms with van der Waals surface area (Å²) < 4.78 is 23.3. The van der Waals surface area contributed by atoms with Crippen LogP contribution in [0.4, 0.5) is 0 Å². The molecule has 0 amide bonds. The van der Waals surface area contributed by atoms with Crippen LogP contribution in [-0.4, -0.2) is 43.4 Å². The molecular formula is C9H17NO3S2. The van der Waals surface area contributed by atoms with E-state index in [0.29, 0.717) is 24.3 Å². The van der Waals surface area contributed by atoms with E-state index in [2.05, 4.69) is 6.58 Å². The first-order valence-electron chi connectivity index (χ1n) is 4.49. The van der Waals surface area contributed by atoms with Gasteiger partial charge in [-0.2, -0.15) is 0 Å². The van der Waals surface area contributed by atoms with Crippen molar-refractivity contribution in [2.24, 2.45) is 0 Å². The maximum absolute atomic E-state index is 11.1. The van der Waals surface area contributed by atoms with Crippen LogP contribution < -0.4 is 0 Å². The first kappa shape index (κ1) is 14.7. The molecule has 0 N–H and O–H groups in total. The summed E-state index contributed by atoms with van der Waals surface area (Å²) in [4.78, 5) is 11.1. The normalized spacial score (nSPS) is 11.7. The van der Waals surface area contributed by atoms with E-state index in [1.807, 2.05) is 0 Å². The topological polar surface area (TPSA) is 54.5 Å². The highest BCUT2D eigenvalue weighted by Crippen LogP contribution is 2.10. The summed E-state index contributed by atoms with van der Waals surface area (Å²) in [5.41, 5.74) is 0.525. The van der Waals surface area contributed by atoms with Crippen molar-refractivity contribution in [3.63, 3.8) is 0 Å². The van der Waals surface area contributed by atoms with Gasteiger partial charge >= 0.3 is 0 Å². The van der Waals surface area contributed by atoms with E-state index in [1.54, 1.807) is 6.92 Å². The quantitative estimate of drug-likeness (QED) is 0.524. The summed E-state index contributed by atoms with van der Waals surface area (Å²) in [5, 5.41) is -0.0305. The van der Waals surface area contributed by atoms with Crippen LogP contribution in [0.25, 0.3) is 0 Å². The smallest absolute Gasteiger partial charge is 0.214 e. The van der Waals surface area contributed by atoms with Crippen LogP contribution >= 0.6 is 11.8 Å². The lowest BCUT2D eigenvalue weighted by Gasteiger charge is -2.12. The van der Waals surface area contributed by atoms with Crippen LogP contribution in [0, 0.1) is 0 Å². The van der Waals surface area contributed by atoms with E-state index in [-0.39, 0.29) is 5.12 Å². The molecule has 0 aliphatic carbocycles. The minimum absolute atomic E-state index is 0.0305. The molecule has 0 aliphatic heterocycles. The van der Waals surface area contributed by atoms with E-state index in [0.717, 1.165) is 0 Å². The van der Waals surface area contributed by atoms with Gasteiger partial charge in [0.05, 0.1) is 6.26 Å². The third-order valence-corrected chi connectivity index (χ3v) is 4.18. The predicted octanol–water partition coefficient (Wildman–Crippen LogP) is 1.10. The van der Waals surface area contributed by atoms with Gasteiger partial charge in [-0.25, -0.2) is 12.7 Å². The number of hydrogen-bond donors (Lipinski definition) is 0. The van der Waals surface area contributed by atoms with Crippen LogP contribution in [0.15, 0.2) is 12.2 Å². The van der Waals surface area contributed by atoms with Crippen molar-refractivity contribution in [3.8, 4) is 0 Å². The average molecular weight is 251 g/mol. The van der Waals surface area contributed by atoms with Crippen LogP contribution in [0.1, 0.15) is 13.3 Å². The van der Waals surface area contributed by atoms with Crippen molar-refractivity contribution in [2.45, 2.75) is 13.3 Å². The Labute approximate surface area is 95.8 Å². The third-order valence-electron chi connectivity index (χ3n) is 1.77. The lowest BCUT2D eigenvalue weighted by atomic mass is 10.4. The maximum Gasteiger partial charge on any atom is 0.214 e. The van der Waals surface area contributed by atoms with Gasteiger partial charge in [-0.3, -0.25) is 4.79 Å². The van der Waals surface area contributed by atoms with Gasteiger partial charge in [-0.15, -0.1) is 0 Å². The molecule has 0 fully saturated rings. The Morgan fingerprint density at radius 3 is 2.40 bits per heavy atom. The van der Waals surface area contributed by atoms with Crippen LogP contribution in [0.3, 0.4) is 0 Å². The molecule has 88 valence electrons. The number of sulfonamides is 1. The van der Waals surface area contributed by atoms with Crippen molar-refractivity contribution in [2.75, 3.05) is 25.6 Å².